The molecule has 0 radical (unpaired) electrons. The van der Waals surface area contributed by atoms with E-state index in [0.717, 1.165) is 22.0 Å². The Morgan fingerprint density at radius 3 is 2.54 bits per heavy atom. The molecule has 0 unspecified atom stereocenters. The number of rotatable bonds is 5. The van der Waals surface area contributed by atoms with Crippen molar-refractivity contribution in [3.05, 3.63) is 63.4 Å². The van der Waals surface area contributed by atoms with E-state index >= 15 is 0 Å². The number of nitrogens with zero attached hydrogens (tertiary/aromatic N) is 4. The molecule has 0 aliphatic carbocycles. The number of anilines is 1. The van der Waals surface area contributed by atoms with Crippen LogP contribution in [0.5, 0.6) is 0 Å². The summed E-state index contributed by atoms with van der Waals surface area (Å²) in [6.45, 7) is 8.59. The van der Waals surface area contributed by atoms with E-state index in [-0.39, 0.29) is 5.91 Å². The monoisotopic (exact) mass is 367 g/mol. The van der Waals surface area contributed by atoms with Crippen molar-refractivity contribution in [1.29, 1.82) is 0 Å². The number of aryl methyl sites for hydroxylation is 3. The molecule has 2 heterocycles. The predicted molar refractivity (Wildman–Crippen MR) is 104 cm³/mol. The van der Waals surface area contributed by atoms with Gasteiger partial charge in [0.05, 0.1) is 12.2 Å². The van der Waals surface area contributed by atoms with Gasteiger partial charge >= 0.3 is 0 Å². The Morgan fingerprint density at radius 1 is 1.15 bits per heavy atom. The fourth-order valence-electron chi connectivity index (χ4n) is 2.63. The third kappa shape index (κ3) is 4.23. The lowest BCUT2D eigenvalue weighted by Gasteiger charge is -2.05. The molecule has 6 nitrogen and oxygen atoms in total. The highest BCUT2D eigenvalue weighted by molar-refractivity contribution is 7.15. The summed E-state index contributed by atoms with van der Waals surface area (Å²) in [5.74, 6) is -0.230. The van der Waals surface area contributed by atoms with Gasteiger partial charge in [-0.05, 0) is 39.3 Å². The minimum absolute atomic E-state index is 0.230. The number of hydrogen-bond acceptors (Lipinski definition) is 5. The second kappa shape index (κ2) is 7.61. The van der Waals surface area contributed by atoms with Crippen LogP contribution >= 0.6 is 11.3 Å². The average Bonchev–Trinajstić information content (AvgIpc) is 3.11. The lowest BCUT2D eigenvalue weighted by Crippen LogP contribution is -2.07. The summed E-state index contributed by atoms with van der Waals surface area (Å²) >= 11 is 1.35. The van der Waals surface area contributed by atoms with Gasteiger partial charge in [0.2, 0.25) is 11.0 Å². The smallest absolute Gasteiger partial charge is 0.250 e. The van der Waals surface area contributed by atoms with Gasteiger partial charge in [0.15, 0.2) is 0 Å². The molecule has 26 heavy (non-hydrogen) atoms. The highest BCUT2D eigenvalue weighted by atomic mass is 32.1. The van der Waals surface area contributed by atoms with Crippen LogP contribution in [0.3, 0.4) is 0 Å². The molecule has 0 spiro atoms. The molecular weight excluding hydrogens is 346 g/mol. The molecule has 0 saturated carbocycles. The number of carbonyl (C=O) groups excluding carboxylic acids is 1. The predicted octanol–water partition coefficient (Wildman–Crippen LogP) is 3.67. The molecule has 0 fully saturated rings. The van der Waals surface area contributed by atoms with E-state index in [1.165, 1.54) is 28.5 Å². The highest BCUT2D eigenvalue weighted by Crippen LogP contribution is 2.17. The van der Waals surface area contributed by atoms with Crippen LogP contribution in [0.4, 0.5) is 5.13 Å². The topological polar surface area (TPSA) is 72.7 Å². The lowest BCUT2D eigenvalue weighted by molar-refractivity contribution is -0.111. The second-order valence-electron chi connectivity index (χ2n) is 6.18. The first-order valence-corrected chi connectivity index (χ1v) is 9.13. The summed E-state index contributed by atoms with van der Waals surface area (Å²) < 4.78 is 1.96. The number of benzene rings is 1. The quantitative estimate of drug-likeness (QED) is 0.699. The summed E-state index contributed by atoms with van der Waals surface area (Å²) in [5.41, 5.74) is 5.31. The summed E-state index contributed by atoms with van der Waals surface area (Å²) in [6, 6.07) is 8.42. The fraction of sp³-hybridized carbons (Fsp3) is 0.263. The number of amides is 1. The highest BCUT2D eigenvalue weighted by Gasteiger charge is 2.10. The number of aromatic nitrogens is 4. The molecule has 0 bridgehead atoms. The van der Waals surface area contributed by atoms with Crippen molar-refractivity contribution in [2.45, 2.75) is 34.2 Å². The van der Waals surface area contributed by atoms with Crippen LogP contribution in [-0.4, -0.2) is 25.9 Å². The van der Waals surface area contributed by atoms with E-state index in [2.05, 4.69) is 51.8 Å². The van der Waals surface area contributed by atoms with Crippen molar-refractivity contribution in [3.8, 4) is 0 Å². The maximum Gasteiger partial charge on any atom is 0.250 e. The van der Waals surface area contributed by atoms with Crippen LogP contribution in [-0.2, 0) is 11.3 Å². The molecular formula is C19H21N5OS. The lowest BCUT2D eigenvalue weighted by atomic mass is 10.1. The molecule has 1 amide bonds. The Labute approximate surface area is 156 Å². The van der Waals surface area contributed by atoms with Crippen molar-refractivity contribution in [1.82, 2.24) is 20.0 Å². The second-order valence-corrected chi connectivity index (χ2v) is 7.36. The summed E-state index contributed by atoms with van der Waals surface area (Å²) in [4.78, 5) is 12.1. The standard InChI is InChI=1S/C19H21N5OS/c1-12-5-7-16(8-6-12)11-24-14(3)17(13(2)23-24)9-10-18(25)20-19-22-21-15(4)26-19/h5-10H,11H2,1-4H3,(H,20,22,25)/b10-9+. The zero-order chi connectivity index (χ0) is 18.7. The molecule has 1 aromatic carbocycles. The molecule has 7 heteroatoms. The Bertz CT molecular complexity index is 953. The normalized spacial score (nSPS) is 11.2. The van der Waals surface area contributed by atoms with Crippen molar-refractivity contribution in [2.24, 2.45) is 0 Å². The van der Waals surface area contributed by atoms with Gasteiger partial charge < -0.3 is 0 Å². The molecule has 134 valence electrons. The van der Waals surface area contributed by atoms with Crippen LogP contribution in [0.1, 0.15) is 33.1 Å². The largest absolute Gasteiger partial charge is 0.297 e. The van der Waals surface area contributed by atoms with Crippen molar-refractivity contribution >= 4 is 28.5 Å². The molecule has 0 saturated heterocycles. The summed E-state index contributed by atoms with van der Waals surface area (Å²) in [6.07, 6.45) is 3.30. The van der Waals surface area contributed by atoms with Crippen LogP contribution < -0.4 is 5.32 Å². The maximum atomic E-state index is 12.1. The summed E-state index contributed by atoms with van der Waals surface area (Å²) in [5, 5.41) is 16.4. The third-order valence-corrected chi connectivity index (χ3v) is 4.80. The minimum Gasteiger partial charge on any atom is -0.297 e. The van der Waals surface area contributed by atoms with Gasteiger partial charge in [-0.25, -0.2) is 0 Å². The van der Waals surface area contributed by atoms with Crippen LogP contribution in [0, 0.1) is 27.7 Å². The SMILES string of the molecule is Cc1ccc(Cn2nc(C)c(/C=C/C(=O)Nc3nnc(C)s3)c2C)cc1. The van der Waals surface area contributed by atoms with Crippen molar-refractivity contribution < 1.29 is 4.79 Å². The van der Waals surface area contributed by atoms with Gasteiger partial charge in [0.25, 0.3) is 0 Å². The first kappa shape index (κ1) is 18.0. The zero-order valence-electron chi connectivity index (χ0n) is 15.3. The fourth-order valence-corrected chi connectivity index (χ4v) is 3.22. The molecule has 2 aromatic heterocycles. The van der Waals surface area contributed by atoms with Gasteiger partial charge in [-0.2, -0.15) is 5.10 Å². The Hall–Kier alpha value is -2.80. The van der Waals surface area contributed by atoms with Gasteiger partial charge in [-0.15, -0.1) is 10.2 Å². The first-order chi connectivity index (χ1) is 12.4. The van der Waals surface area contributed by atoms with Gasteiger partial charge in [0, 0.05) is 17.3 Å². The molecule has 0 aliphatic heterocycles. The summed E-state index contributed by atoms with van der Waals surface area (Å²) in [7, 11) is 0. The van der Waals surface area contributed by atoms with Crippen LogP contribution in [0.25, 0.3) is 6.08 Å². The molecule has 0 aliphatic rings. The van der Waals surface area contributed by atoms with Crippen molar-refractivity contribution in [2.75, 3.05) is 5.32 Å². The molecule has 1 N–H and O–H groups in total. The Balaban J connectivity index is 1.72. The number of hydrogen-bond donors (Lipinski definition) is 1. The van der Waals surface area contributed by atoms with Gasteiger partial charge in [-0.1, -0.05) is 41.2 Å². The third-order valence-electron chi connectivity index (χ3n) is 4.05. The van der Waals surface area contributed by atoms with Crippen molar-refractivity contribution in [3.63, 3.8) is 0 Å². The number of nitrogens with one attached hydrogen (secondary N) is 1. The van der Waals surface area contributed by atoms with E-state index in [1.807, 2.05) is 25.5 Å². The van der Waals surface area contributed by atoms with Gasteiger partial charge in [0.1, 0.15) is 5.01 Å². The van der Waals surface area contributed by atoms with E-state index in [0.29, 0.717) is 11.7 Å². The van der Waals surface area contributed by atoms with Gasteiger partial charge in [-0.3, -0.25) is 14.8 Å². The zero-order valence-corrected chi connectivity index (χ0v) is 16.1. The molecule has 3 aromatic rings. The van der Waals surface area contributed by atoms with E-state index < -0.39 is 0 Å². The minimum atomic E-state index is -0.230. The average molecular weight is 367 g/mol. The van der Waals surface area contributed by atoms with Crippen LogP contribution in [0.2, 0.25) is 0 Å². The van der Waals surface area contributed by atoms with E-state index in [4.69, 9.17) is 0 Å². The van der Waals surface area contributed by atoms with Crippen LogP contribution in [0.15, 0.2) is 30.3 Å². The van der Waals surface area contributed by atoms with E-state index in [9.17, 15) is 4.79 Å². The maximum absolute atomic E-state index is 12.1. The Kier molecular flexibility index (Phi) is 5.27. The number of carbonyl (C=O) groups is 1. The van der Waals surface area contributed by atoms with E-state index in [1.54, 1.807) is 6.08 Å². The molecule has 3 rings (SSSR count). The Morgan fingerprint density at radius 2 is 1.88 bits per heavy atom. The first-order valence-electron chi connectivity index (χ1n) is 8.31. The molecule has 0 atom stereocenters.